The first kappa shape index (κ1) is 19.3. The maximum atomic E-state index is 13.5. The summed E-state index contributed by atoms with van der Waals surface area (Å²) < 4.78 is 9.17. The number of aromatic nitrogens is 4. The second-order valence-electron chi connectivity index (χ2n) is 7.60. The van der Waals surface area contributed by atoms with Crippen LogP contribution in [0.3, 0.4) is 0 Å². The number of fused-ring (bicyclic) bond motifs is 1. The van der Waals surface area contributed by atoms with Gasteiger partial charge in [-0.25, -0.2) is 19.8 Å². The number of nitrogens with zero attached hydrogens (tertiary/aromatic N) is 5. The minimum absolute atomic E-state index is 0.00559. The minimum Gasteiger partial charge on any atom is -0.457 e. The highest BCUT2D eigenvalue weighted by atomic mass is 16.5. The van der Waals surface area contributed by atoms with Gasteiger partial charge in [0.05, 0.1) is 5.69 Å². The average Bonchev–Trinajstić information content (AvgIpc) is 3.09. The van der Waals surface area contributed by atoms with Gasteiger partial charge in [-0.3, -0.25) is 15.0 Å². The van der Waals surface area contributed by atoms with E-state index in [-0.39, 0.29) is 17.5 Å². The van der Waals surface area contributed by atoms with E-state index in [2.05, 4.69) is 9.97 Å². The summed E-state index contributed by atoms with van der Waals surface area (Å²) in [7, 11) is 0. The van der Waals surface area contributed by atoms with Crippen molar-refractivity contribution in [3.8, 4) is 17.2 Å². The number of piperidine rings is 1. The fourth-order valence-corrected chi connectivity index (χ4v) is 4.07. The second kappa shape index (κ2) is 7.86. The summed E-state index contributed by atoms with van der Waals surface area (Å²) in [4.78, 5) is 22.0. The third-order valence-electron chi connectivity index (χ3n) is 5.62. The van der Waals surface area contributed by atoms with E-state index in [1.54, 1.807) is 14.1 Å². The van der Waals surface area contributed by atoms with Crippen molar-refractivity contribution in [3.05, 3.63) is 71.4 Å². The molecule has 158 valence electrons. The quantitative estimate of drug-likeness (QED) is 0.490. The summed E-state index contributed by atoms with van der Waals surface area (Å²) in [6.45, 7) is 1.44. The van der Waals surface area contributed by atoms with Crippen molar-refractivity contribution in [2.24, 2.45) is 5.84 Å². The molecule has 0 unspecified atom stereocenters. The van der Waals surface area contributed by atoms with Gasteiger partial charge in [-0.1, -0.05) is 18.2 Å². The Kier molecular flexibility index (Phi) is 4.89. The molecule has 0 aliphatic carbocycles. The van der Waals surface area contributed by atoms with Gasteiger partial charge in [-0.2, -0.15) is 0 Å². The lowest BCUT2D eigenvalue weighted by Crippen LogP contribution is -2.41. The second-order valence-corrected chi connectivity index (χ2v) is 7.60. The van der Waals surface area contributed by atoms with Crippen LogP contribution in [0.15, 0.2) is 65.7 Å². The molecule has 0 atom stereocenters. The SMILES string of the molecule is Nc1ncnc2c1n(-c1ccc(Oc3ccccc3)cc1)c(=O)n2C1CCN(N)CC1. The number of hydrogen-bond donors (Lipinski definition) is 2. The van der Waals surface area contributed by atoms with Gasteiger partial charge in [0.15, 0.2) is 11.5 Å². The first-order chi connectivity index (χ1) is 15.1. The molecule has 0 saturated carbocycles. The zero-order valence-corrected chi connectivity index (χ0v) is 16.9. The first-order valence-electron chi connectivity index (χ1n) is 10.2. The lowest BCUT2D eigenvalue weighted by Gasteiger charge is -2.28. The zero-order chi connectivity index (χ0) is 21.4. The van der Waals surface area contributed by atoms with Crippen LogP contribution in [-0.4, -0.2) is 37.2 Å². The Hall–Kier alpha value is -3.69. The van der Waals surface area contributed by atoms with Crippen LogP contribution in [0.25, 0.3) is 16.9 Å². The van der Waals surface area contributed by atoms with Crippen molar-refractivity contribution in [3.63, 3.8) is 0 Å². The number of nitrogens with two attached hydrogens (primary N) is 2. The number of hydrogen-bond acceptors (Lipinski definition) is 7. The van der Waals surface area contributed by atoms with Crippen LogP contribution in [0.1, 0.15) is 18.9 Å². The van der Waals surface area contributed by atoms with Gasteiger partial charge in [0, 0.05) is 19.1 Å². The van der Waals surface area contributed by atoms with Crippen LogP contribution in [0.5, 0.6) is 11.5 Å². The van der Waals surface area contributed by atoms with Gasteiger partial charge < -0.3 is 10.5 Å². The highest BCUT2D eigenvalue weighted by Crippen LogP contribution is 2.28. The molecule has 4 N–H and O–H groups in total. The number of anilines is 1. The molecular weight excluding hydrogens is 394 g/mol. The number of hydrazine groups is 1. The highest BCUT2D eigenvalue weighted by Gasteiger charge is 2.26. The van der Waals surface area contributed by atoms with E-state index < -0.39 is 0 Å². The van der Waals surface area contributed by atoms with Crippen LogP contribution >= 0.6 is 0 Å². The predicted molar refractivity (Wildman–Crippen MR) is 118 cm³/mol. The van der Waals surface area contributed by atoms with E-state index in [9.17, 15) is 4.79 Å². The zero-order valence-electron chi connectivity index (χ0n) is 16.9. The maximum Gasteiger partial charge on any atom is 0.335 e. The van der Waals surface area contributed by atoms with Crippen molar-refractivity contribution < 1.29 is 4.74 Å². The monoisotopic (exact) mass is 417 g/mol. The van der Waals surface area contributed by atoms with Gasteiger partial charge in [-0.15, -0.1) is 0 Å². The van der Waals surface area contributed by atoms with Gasteiger partial charge in [0.25, 0.3) is 0 Å². The molecule has 9 nitrogen and oxygen atoms in total. The lowest BCUT2D eigenvalue weighted by molar-refractivity contribution is 0.190. The molecule has 0 spiro atoms. The number of nitrogen functional groups attached to an aromatic ring is 1. The molecule has 0 amide bonds. The van der Waals surface area contributed by atoms with Crippen molar-refractivity contribution in [1.82, 2.24) is 24.1 Å². The van der Waals surface area contributed by atoms with E-state index in [0.29, 0.717) is 22.6 Å². The molecular formula is C22H23N7O2. The molecule has 5 rings (SSSR count). The van der Waals surface area contributed by atoms with Gasteiger partial charge in [0.2, 0.25) is 0 Å². The molecule has 9 heteroatoms. The third-order valence-corrected chi connectivity index (χ3v) is 5.62. The van der Waals surface area contributed by atoms with E-state index >= 15 is 0 Å². The molecule has 3 heterocycles. The number of rotatable bonds is 4. The Morgan fingerprint density at radius 3 is 2.32 bits per heavy atom. The van der Waals surface area contributed by atoms with Crippen LogP contribution in [0.4, 0.5) is 5.82 Å². The molecule has 1 aliphatic rings. The Morgan fingerprint density at radius 1 is 0.935 bits per heavy atom. The Bertz CT molecular complexity index is 1260. The molecule has 31 heavy (non-hydrogen) atoms. The summed E-state index contributed by atoms with van der Waals surface area (Å²) in [5.74, 6) is 7.58. The van der Waals surface area contributed by atoms with Crippen molar-refractivity contribution in [1.29, 1.82) is 0 Å². The van der Waals surface area contributed by atoms with E-state index in [0.717, 1.165) is 31.7 Å². The molecule has 1 saturated heterocycles. The standard InChI is InChI=1S/C22H23N7O2/c23-20-19-21(26-14-25-20)29(16-10-12-27(24)13-11-16)22(30)28(19)15-6-8-18(9-7-15)31-17-4-2-1-3-5-17/h1-9,14,16H,10-13,24H2,(H2,23,25,26). The smallest absolute Gasteiger partial charge is 0.335 e. The van der Waals surface area contributed by atoms with E-state index in [4.69, 9.17) is 16.3 Å². The topological polar surface area (TPSA) is 117 Å². The van der Waals surface area contributed by atoms with Crippen LogP contribution in [-0.2, 0) is 0 Å². The Labute approximate surface area is 178 Å². The third kappa shape index (κ3) is 3.54. The van der Waals surface area contributed by atoms with Crippen LogP contribution in [0.2, 0.25) is 0 Å². The van der Waals surface area contributed by atoms with Gasteiger partial charge in [-0.05, 0) is 49.2 Å². The number of benzene rings is 2. The van der Waals surface area contributed by atoms with Gasteiger partial charge >= 0.3 is 5.69 Å². The summed E-state index contributed by atoms with van der Waals surface area (Å²) in [5, 5.41) is 1.77. The summed E-state index contributed by atoms with van der Waals surface area (Å²) in [6.07, 6.45) is 2.93. The largest absolute Gasteiger partial charge is 0.457 e. The Balaban J connectivity index is 1.57. The van der Waals surface area contributed by atoms with Gasteiger partial charge in [0.1, 0.15) is 23.3 Å². The summed E-state index contributed by atoms with van der Waals surface area (Å²) in [6, 6.07) is 16.8. The molecule has 1 aliphatic heterocycles. The first-order valence-corrected chi connectivity index (χ1v) is 10.2. The molecule has 0 bridgehead atoms. The molecule has 2 aromatic heterocycles. The normalized spacial score (nSPS) is 15.4. The summed E-state index contributed by atoms with van der Waals surface area (Å²) in [5.41, 5.74) is 7.72. The predicted octanol–water partition coefficient (Wildman–Crippen LogP) is 2.47. The highest BCUT2D eigenvalue weighted by molar-refractivity contribution is 5.84. The van der Waals surface area contributed by atoms with E-state index in [1.807, 2.05) is 54.6 Å². The molecule has 2 aromatic carbocycles. The Morgan fingerprint density at radius 2 is 1.61 bits per heavy atom. The van der Waals surface area contributed by atoms with Crippen LogP contribution in [0, 0.1) is 0 Å². The summed E-state index contributed by atoms with van der Waals surface area (Å²) >= 11 is 0. The molecule has 4 aromatic rings. The number of para-hydroxylation sites is 1. The molecule has 0 radical (unpaired) electrons. The fourth-order valence-electron chi connectivity index (χ4n) is 4.07. The lowest BCUT2D eigenvalue weighted by atomic mass is 10.1. The molecule has 1 fully saturated rings. The number of ether oxygens (including phenoxy) is 1. The van der Waals surface area contributed by atoms with Crippen molar-refractivity contribution in [2.45, 2.75) is 18.9 Å². The van der Waals surface area contributed by atoms with Crippen LogP contribution < -0.4 is 22.0 Å². The number of imidazole rings is 1. The maximum absolute atomic E-state index is 13.5. The van der Waals surface area contributed by atoms with Crippen molar-refractivity contribution in [2.75, 3.05) is 18.8 Å². The minimum atomic E-state index is -0.186. The van der Waals surface area contributed by atoms with E-state index in [1.165, 1.54) is 6.33 Å². The van der Waals surface area contributed by atoms with Crippen molar-refractivity contribution >= 4 is 17.0 Å². The fraction of sp³-hybridized carbons (Fsp3) is 0.227. The average molecular weight is 417 g/mol.